The van der Waals surface area contributed by atoms with E-state index < -0.39 is 9.84 Å². The first-order valence-electron chi connectivity index (χ1n) is 6.13. The first-order valence-corrected chi connectivity index (χ1v) is 7.85. The number of hydrogen-bond donors (Lipinski definition) is 1. The van der Waals surface area contributed by atoms with E-state index in [0.29, 0.717) is 18.7 Å². The highest BCUT2D eigenvalue weighted by atomic mass is 32.2. The van der Waals surface area contributed by atoms with Crippen molar-refractivity contribution in [2.75, 3.05) is 12.4 Å². The third-order valence-electron chi connectivity index (χ3n) is 3.01. The van der Waals surface area contributed by atoms with Crippen molar-refractivity contribution in [3.05, 3.63) is 29.8 Å². The molecule has 1 aromatic carbocycles. The Morgan fingerprint density at radius 2 is 2.00 bits per heavy atom. The van der Waals surface area contributed by atoms with E-state index in [0.717, 1.165) is 5.56 Å². The summed E-state index contributed by atoms with van der Waals surface area (Å²) in [5.41, 5.74) is 6.47. The molecule has 102 valence electrons. The lowest BCUT2D eigenvalue weighted by molar-refractivity contribution is 0.337. The van der Waals surface area contributed by atoms with E-state index in [1.54, 1.807) is 13.0 Å². The van der Waals surface area contributed by atoms with Crippen LogP contribution in [0.3, 0.4) is 0 Å². The molecule has 1 rings (SSSR count). The molecule has 0 aliphatic rings. The number of nitrogens with two attached hydrogens (primary N) is 1. The van der Waals surface area contributed by atoms with Crippen molar-refractivity contribution in [1.29, 1.82) is 0 Å². The maximum absolute atomic E-state index is 11.8. The van der Waals surface area contributed by atoms with Gasteiger partial charge in [0.1, 0.15) is 12.4 Å². The quantitative estimate of drug-likeness (QED) is 0.820. The van der Waals surface area contributed by atoms with Gasteiger partial charge in [0, 0.05) is 12.1 Å². The van der Waals surface area contributed by atoms with Crippen molar-refractivity contribution in [3.63, 3.8) is 0 Å². The Balaban J connectivity index is 2.57. The lowest BCUT2D eigenvalue weighted by Gasteiger charge is -2.13. The minimum atomic E-state index is -3.06. The summed E-state index contributed by atoms with van der Waals surface area (Å²) in [6.07, 6.45) is 0.627. The summed E-state index contributed by atoms with van der Waals surface area (Å²) in [6.45, 7) is 4.15. The molecular formula is C13H21NO3S. The molecule has 4 nitrogen and oxygen atoms in total. The maximum Gasteiger partial charge on any atom is 0.156 e. The van der Waals surface area contributed by atoms with Crippen LogP contribution in [0.25, 0.3) is 0 Å². The highest BCUT2D eigenvalue weighted by Gasteiger charge is 2.18. The van der Waals surface area contributed by atoms with Crippen molar-refractivity contribution < 1.29 is 13.2 Å². The third kappa shape index (κ3) is 3.99. The minimum Gasteiger partial charge on any atom is -0.492 e. The van der Waals surface area contributed by atoms with Gasteiger partial charge in [0.05, 0.1) is 11.0 Å². The number of benzene rings is 1. The fraction of sp³-hybridized carbons (Fsp3) is 0.538. The normalized spacial score (nSPS) is 13.3. The standard InChI is InChI=1S/C13H21NO3S/c1-3-11(2)18(15,16)9-8-17-13-7-5-4-6-12(13)10-14/h4-7,11H,3,8-10,14H2,1-2H3. The summed E-state index contributed by atoms with van der Waals surface area (Å²) >= 11 is 0. The molecule has 1 aromatic rings. The Bertz CT molecular complexity index is 471. The van der Waals surface area contributed by atoms with Crippen molar-refractivity contribution in [1.82, 2.24) is 0 Å². The molecule has 2 N–H and O–H groups in total. The SMILES string of the molecule is CCC(C)S(=O)(=O)CCOc1ccccc1CN. The second kappa shape index (κ2) is 6.75. The van der Waals surface area contributed by atoms with Crippen LogP contribution in [-0.2, 0) is 16.4 Å². The summed E-state index contributed by atoms with van der Waals surface area (Å²) in [6, 6.07) is 7.40. The van der Waals surface area contributed by atoms with E-state index in [4.69, 9.17) is 10.5 Å². The number of rotatable bonds is 7. The second-order valence-corrected chi connectivity index (χ2v) is 6.78. The van der Waals surface area contributed by atoms with Crippen LogP contribution < -0.4 is 10.5 Å². The third-order valence-corrected chi connectivity index (χ3v) is 5.30. The fourth-order valence-corrected chi connectivity index (χ4v) is 2.76. The topological polar surface area (TPSA) is 69.4 Å². The van der Waals surface area contributed by atoms with Crippen molar-refractivity contribution in [3.8, 4) is 5.75 Å². The molecule has 0 spiro atoms. The predicted octanol–water partition coefficient (Wildman–Crippen LogP) is 1.74. The monoisotopic (exact) mass is 271 g/mol. The first-order chi connectivity index (χ1) is 8.51. The Hall–Kier alpha value is -1.07. The molecule has 0 amide bonds. The van der Waals surface area contributed by atoms with Gasteiger partial charge in [-0.1, -0.05) is 25.1 Å². The molecule has 0 bridgehead atoms. The van der Waals surface area contributed by atoms with Crippen molar-refractivity contribution in [2.45, 2.75) is 32.1 Å². The zero-order chi connectivity index (χ0) is 13.6. The van der Waals surface area contributed by atoms with Crippen LogP contribution in [0.5, 0.6) is 5.75 Å². The number of ether oxygens (including phenoxy) is 1. The summed E-state index contributed by atoms with van der Waals surface area (Å²) in [5, 5.41) is -0.314. The lowest BCUT2D eigenvalue weighted by Crippen LogP contribution is -2.24. The van der Waals surface area contributed by atoms with Gasteiger partial charge < -0.3 is 10.5 Å². The molecule has 18 heavy (non-hydrogen) atoms. The van der Waals surface area contributed by atoms with Gasteiger partial charge in [-0.25, -0.2) is 8.42 Å². The van der Waals surface area contributed by atoms with Crippen LogP contribution in [0.1, 0.15) is 25.8 Å². The Morgan fingerprint density at radius 1 is 1.33 bits per heavy atom. The molecular weight excluding hydrogens is 250 g/mol. The van der Waals surface area contributed by atoms with Gasteiger partial charge in [-0.05, 0) is 19.4 Å². The van der Waals surface area contributed by atoms with Crippen LogP contribution in [0.15, 0.2) is 24.3 Å². The largest absolute Gasteiger partial charge is 0.492 e. The van der Waals surface area contributed by atoms with Crippen LogP contribution in [0, 0.1) is 0 Å². The van der Waals surface area contributed by atoms with Gasteiger partial charge in [-0.15, -0.1) is 0 Å². The Morgan fingerprint density at radius 3 is 2.61 bits per heavy atom. The van der Waals surface area contributed by atoms with E-state index >= 15 is 0 Å². The average molecular weight is 271 g/mol. The summed E-state index contributed by atoms with van der Waals surface area (Å²) in [7, 11) is -3.06. The molecule has 5 heteroatoms. The number of hydrogen-bond acceptors (Lipinski definition) is 4. The van der Waals surface area contributed by atoms with Crippen LogP contribution in [-0.4, -0.2) is 26.0 Å². The second-order valence-electron chi connectivity index (χ2n) is 4.25. The fourth-order valence-electron chi connectivity index (χ4n) is 1.54. The van der Waals surface area contributed by atoms with Gasteiger partial charge in [-0.2, -0.15) is 0 Å². The molecule has 0 radical (unpaired) electrons. The minimum absolute atomic E-state index is 0.0426. The van der Waals surface area contributed by atoms with E-state index in [2.05, 4.69) is 0 Å². The van der Waals surface area contributed by atoms with Crippen molar-refractivity contribution >= 4 is 9.84 Å². The summed E-state index contributed by atoms with van der Waals surface area (Å²) < 4.78 is 29.1. The molecule has 0 saturated heterocycles. The Kier molecular flexibility index (Phi) is 5.62. The van der Waals surface area contributed by atoms with Crippen LogP contribution >= 0.6 is 0 Å². The van der Waals surface area contributed by atoms with Gasteiger partial charge in [0.2, 0.25) is 0 Å². The summed E-state index contributed by atoms with van der Waals surface area (Å²) in [5.74, 6) is 0.709. The van der Waals surface area contributed by atoms with Gasteiger partial charge in [0.25, 0.3) is 0 Å². The Labute approximate surface area is 109 Å². The molecule has 0 aromatic heterocycles. The molecule has 0 aliphatic heterocycles. The molecule has 1 atom stereocenters. The zero-order valence-electron chi connectivity index (χ0n) is 10.9. The predicted molar refractivity (Wildman–Crippen MR) is 73.4 cm³/mol. The molecule has 0 heterocycles. The van der Waals surface area contributed by atoms with Crippen LogP contribution in [0.2, 0.25) is 0 Å². The maximum atomic E-state index is 11.8. The van der Waals surface area contributed by atoms with E-state index in [1.165, 1.54) is 0 Å². The zero-order valence-corrected chi connectivity index (χ0v) is 11.7. The van der Waals surface area contributed by atoms with E-state index in [9.17, 15) is 8.42 Å². The lowest BCUT2D eigenvalue weighted by atomic mass is 10.2. The number of sulfone groups is 1. The van der Waals surface area contributed by atoms with Crippen LogP contribution in [0.4, 0.5) is 0 Å². The molecule has 0 saturated carbocycles. The van der Waals surface area contributed by atoms with E-state index in [-0.39, 0.29) is 17.6 Å². The van der Waals surface area contributed by atoms with E-state index in [1.807, 2.05) is 25.1 Å². The molecule has 1 unspecified atom stereocenters. The highest BCUT2D eigenvalue weighted by molar-refractivity contribution is 7.92. The average Bonchev–Trinajstić information content (AvgIpc) is 2.38. The molecule has 0 aliphatic carbocycles. The van der Waals surface area contributed by atoms with Crippen molar-refractivity contribution in [2.24, 2.45) is 5.73 Å². The number of para-hydroxylation sites is 1. The van der Waals surface area contributed by atoms with Gasteiger partial charge in [-0.3, -0.25) is 0 Å². The highest BCUT2D eigenvalue weighted by Crippen LogP contribution is 2.17. The smallest absolute Gasteiger partial charge is 0.156 e. The van der Waals surface area contributed by atoms with Gasteiger partial charge >= 0.3 is 0 Å². The summed E-state index contributed by atoms with van der Waals surface area (Å²) in [4.78, 5) is 0. The molecule has 0 fully saturated rings. The van der Waals surface area contributed by atoms with Gasteiger partial charge in [0.15, 0.2) is 9.84 Å². The first kappa shape index (κ1) is 15.0.